The summed E-state index contributed by atoms with van der Waals surface area (Å²) < 4.78 is 48.5. The van der Waals surface area contributed by atoms with Crippen LogP contribution in [0.1, 0.15) is 6.42 Å². The molecule has 1 unspecified atom stereocenters. The molecule has 1 atom stereocenters. The number of hydrogen-bond donors (Lipinski definition) is 0. The van der Waals surface area contributed by atoms with Gasteiger partial charge in [0.05, 0.1) is 10.1 Å². The summed E-state index contributed by atoms with van der Waals surface area (Å²) in [5.41, 5.74) is 0. The van der Waals surface area contributed by atoms with Crippen molar-refractivity contribution in [3.05, 3.63) is 54.6 Å². The van der Waals surface area contributed by atoms with Crippen LogP contribution >= 0.6 is 0 Å². The van der Waals surface area contributed by atoms with E-state index >= 15 is 0 Å². The van der Waals surface area contributed by atoms with E-state index < -0.39 is 23.0 Å². The lowest BCUT2D eigenvalue weighted by molar-refractivity contribution is 0.578. The van der Waals surface area contributed by atoms with E-state index in [4.69, 9.17) is 0 Å². The van der Waals surface area contributed by atoms with E-state index in [1.165, 1.54) is 30.3 Å². The Morgan fingerprint density at radius 1 is 0.944 bits per heavy atom. The number of hydrogen-bond acceptors (Lipinski definition) is 4. The zero-order chi connectivity index (χ0) is 13.2. The van der Waals surface area contributed by atoms with Gasteiger partial charge in [-0.1, -0.05) is 42.5 Å². The first-order valence-electron chi connectivity index (χ1n) is 5.33. The van der Waals surface area contributed by atoms with E-state index in [1.54, 1.807) is 24.3 Å². The van der Waals surface area contributed by atoms with Crippen molar-refractivity contribution in [2.75, 3.05) is 0 Å². The summed E-state index contributed by atoms with van der Waals surface area (Å²) in [6.07, 6.45) is 6.47. The highest BCUT2D eigenvalue weighted by Crippen LogP contribution is 2.24. The van der Waals surface area contributed by atoms with Gasteiger partial charge in [0, 0.05) is 0 Å². The third kappa shape index (κ3) is 2.13. The van der Waals surface area contributed by atoms with Crippen molar-refractivity contribution < 1.29 is 16.8 Å². The van der Waals surface area contributed by atoms with Crippen LogP contribution < -0.4 is 0 Å². The minimum absolute atomic E-state index is 0.185. The van der Waals surface area contributed by atoms with Crippen molar-refractivity contribution in [2.24, 2.45) is 0 Å². The van der Waals surface area contributed by atoms with Crippen LogP contribution in [-0.4, -0.2) is 22.1 Å². The molecule has 0 spiro atoms. The van der Waals surface area contributed by atoms with Crippen LogP contribution in [0.15, 0.2) is 59.5 Å². The Morgan fingerprint density at radius 3 is 2.17 bits per heavy atom. The van der Waals surface area contributed by atoms with Gasteiger partial charge in [0.15, 0.2) is 0 Å². The van der Waals surface area contributed by atoms with Gasteiger partial charge < -0.3 is 0 Å². The van der Waals surface area contributed by atoms with Crippen LogP contribution in [0, 0.1) is 0 Å². The fraction of sp³-hybridized carbons (Fsp3) is 0.167. The summed E-state index contributed by atoms with van der Waals surface area (Å²) in [7, 11) is -8.63. The van der Waals surface area contributed by atoms with Gasteiger partial charge in [-0.05, 0) is 18.6 Å². The zero-order valence-corrected chi connectivity index (χ0v) is 11.1. The smallest absolute Gasteiger partial charge is 0.212 e. The monoisotopic (exact) mass is 284 g/mol. The minimum atomic E-state index is -4.35. The first-order chi connectivity index (χ1) is 8.46. The van der Waals surface area contributed by atoms with Crippen molar-refractivity contribution >= 4 is 17.7 Å². The standard InChI is InChI=1S/C12H12O4S2/c13-17(14,11-7-3-1-4-8-11)18(15,16)12-9-5-2-6-10-12/h1-9,12H,10H2. The Bertz CT molecular complexity index is 683. The molecule has 0 heterocycles. The Balaban J connectivity index is 2.48. The Kier molecular flexibility index (Phi) is 3.41. The van der Waals surface area contributed by atoms with E-state index in [0.29, 0.717) is 0 Å². The molecule has 0 saturated heterocycles. The summed E-state index contributed by atoms with van der Waals surface area (Å²) in [6.45, 7) is 0. The molecule has 0 aromatic heterocycles. The molecule has 0 amide bonds. The fourth-order valence-electron chi connectivity index (χ4n) is 1.66. The van der Waals surface area contributed by atoms with Gasteiger partial charge in [-0.3, -0.25) is 0 Å². The van der Waals surface area contributed by atoms with Gasteiger partial charge in [0.2, 0.25) is 0 Å². The SMILES string of the molecule is O=S(=O)(c1ccccc1)S(=O)(=O)C1C=CC=CC1. The van der Waals surface area contributed by atoms with E-state index in [9.17, 15) is 16.8 Å². The average Bonchev–Trinajstić information content (AvgIpc) is 2.40. The lowest BCUT2D eigenvalue weighted by Crippen LogP contribution is -2.27. The highest BCUT2D eigenvalue weighted by atomic mass is 33.2. The molecule has 6 heteroatoms. The number of rotatable bonds is 3. The maximum atomic E-state index is 12.1. The summed E-state index contributed by atoms with van der Waals surface area (Å²) in [5.74, 6) is 0. The van der Waals surface area contributed by atoms with Crippen molar-refractivity contribution in [1.29, 1.82) is 0 Å². The Morgan fingerprint density at radius 2 is 1.61 bits per heavy atom. The van der Waals surface area contributed by atoms with E-state index in [1.807, 2.05) is 0 Å². The van der Waals surface area contributed by atoms with Crippen molar-refractivity contribution in [2.45, 2.75) is 16.6 Å². The van der Waals surface area contributed by atoms with Crippen LogP contribution in [-0.2, 0) is 17.7 Å². The van der Waals surface area contributed by atoms with Gasteiger partial charge in [-0.15, -0.1) is 0 Å². The molecule has 0 aliphatic heterocycles. The first kappa shape index (κ1) is 13.0. The average molecular weight is 284 g/mol. The fourth-order valence-corrected chi connectivity index (χ4v) is 5.91. The second kappa shape index (κ2) is 4.70. The van der Waals surface area contributed by atoms with Crippen LogP contribution in [0.4, 0.5) is 0 Å². The van der Waals surface area contributed by atoms with Gasteiger partial charge in [-0.25, -0.2) is 16.8 Å². The molecule has 18 heavy (non-hydrogen) atoms. The predicted octanol–water partition coefficient (Wildman–Crippen LogP) is 1.67. The molecule has 1 aliphatic carbocycles. The van der Waals surface area contributed by atoms with Crippen molar-refractivity contribution in [1.82, 2.24) is 0 Å². The van der Waals surface area contributed by atoms with E-state index in [-0.39, 0.29) is 11.3 Å². The quantitative estimate of drug-likeness (QED) is 0.792. The van der Waals surface area contributed by atoms with Crippen LogP contribution in [0.3, 0.4) is 0 Å². The van der Waals surface area contributed by atoms with E-state index in [2.05, 4.69) is 0 Å². The van der Waals surface area contributed by atoms with Crippen molar-refractivity contribution in [3.63, 3.8) is 0 Å². The summed E-state index contributed by atoms with van der Waals surface area (Å²) in [4.78, 5) is -0.187. The van der Waals surface area contributed by atoms with Gasteiger partial charge >= 0.3 is 0 Å². The lowest BCUT2D eigenvalue weighted by Gasteiger charge is -2.14. The minimum Gasteiger partial charge on any atom is -0.212 e. The van der Waals surface area contributed by atoms with Gasteiger partial charge in [-0.2, -0.15) is 0 Å². The van der Waals surface area contributed by atoms with Gasteiger partial charge in [0.1, 0.15) is 0 Å². The molecule has 2 rings (SSSR count). The molecule has 0 saturated carbocycles. The maximum Gasteiger partial charge on any atom is 0.282 e. The van der Waals surface area contributed by atoms with E-state index in [0.717, 1.165) is 0 Å². The second-order valence-electron chi connectivity index (χ2n) is 3.85. The third-order valence-electron chi connectivity index (χ3n) is 2.65. The molecule has 1 aromatic carbocycles. The molecule has 0 fully saturated rings. The molecular formula is C12H12O4S2. The predicted molar refractivity (Wildman–Crippen MR) is 69.2 cm³/mol. The maximum absolute atomic E-state index is 12.1. The molecular weight excluding hydrogens is 272 g/mol. The first-order valence-corrected chi connectivity index (χ1v) is 8.88. The second-order valence-corrected chi connectivity index (χ2v) is 9.53. The highest BCUT2D eigenvalue weighted by Gasteiger charge is 2.37. The summed E-state index contributed by atoms with van der Waals surface area (Å²) >= 11 is 0. The molecule has 4 nitrogen and oxygen atoms in total. The van der Waals surface area contributed by atoms with Gasteiger partial charge in [0.25, 0.3) is 17.7 Å². The normalized spacial score (nSPS) is 19.9. The largest absolute Gasteiger partial charge is 0.282 e. The van der Waals surface area contributed by atoms with Crippen LogP contribution in [0.2, 0.25) is 0 Å². The Labute approximate surface area is 106 Å². The summed E-state index contributed by atoms with van der Waals surface area (Å²) in [5, 5.41) is -1.01. The zero-order valence-electron chi connectivity index (χ0n) is 9.43. The molecule has 1 aromatic rings. The molecule has 0 bridgehead atoms. The molecule has 1 aliphatic rings. The van der Waals surface area contributed by atoms with Crippen LogP contribution in [0.25, 0.3) is 0 Å². The molecule has 96 valence electrons. The molecule has 0 N–H and O–H groups in total. The summed E-state index contributed by atoms with van der Waals surface area (Å²) in [6, 6.07) is 7.21. The lowest BCUT2D eigenvalue weighted by atomic mass is 10.2. The third-order valence-corrected chi connectivity index (χ3v) is 8.36. The number of benzene rings is 1. The van der Waals surface area contributed by atoms with Crippen LogP contribution in [0.5, 0.6) is 0 Å². The van der Waals surface area contributed by atoms with Crippen molar-refractivity contribution in [3.8, 4) is 0 Å². The molecule has 0 radical (unpaired) electrons. The number of allylic oxidation sites excluding steroid dienone is 3. The topological polar surface area (TPSA) is 68.3 Å². The Hall–Kier alpha value is -1.40. The highest BCUT2D eigenvalue weighted by molar-refractivity contribution is 8.67.